The Kier molecular flexibility index (Phi) is 3.98. The Morgan fingerprint density at radius 3 is 2.37 bits per heavy atom. The Hall–Kier alpha value is -0.920. The molecular weight excluding hydrogens is 283 g/mol. The third-order valence-corrected chi connectivity index (χ3v) is 4.94. The predicted molar refractivity (Wildman–Crippen MR) is 62.7 cm³/mol. The predicted octanol–water partition coefficient (Wildman–Crippen LogP) is 1.60. The highest BCUT2D eigenvalue weighted by molar-refractivity contribution is 8.00. The van der Waals surface area contributed by atoms with E-state index in [-0.39, 0.29) is 17.7 Å². The first kappa shape index (κ1) is 14.5. The number of hydrogen-bond acceptors (Lipinski definition) is 3. The fourth-order valence-corrected chi connectivity index (χ4v) is 3.78. The van der Waals surface area contributed by atoms with Crippen LogP contribution in [0.4, 0.5) is 13.2 Å². The van der Waals surface area contributed by atoms with Gasteiger partial charge in [0.1, 0.15) is 0 Å². The zero-order valence-corrected chi connectivity index (χ0v) is 10.8. The third-order valence-electron chi connectivity index (χ3n) is 3.57. The van der Waals surface area contributed by atoms with Gasteiger partial charge in [0.15, 0.2) is 0 Å². The van der Waals surface area contributed by atoms with E-state index in [0.29, 0.717) is 6.42 Å². The van der Waals surface area contributed by atoms with E-state index in [2.05, 4.69) is 0 Å². The van der Waals surface area contributed by atoms with Crippen molar-refractivity contribution in [2.75, 3.05) is 18.8 Å². The first-order valence-corrected chi connectivity index (χ1v) is 7.05. The summed E-state index contributed by atoms with van der Waals surface area (Å²) in [5.41, 5.74) is 0. The number of thioether (sulfide) groups is 1. The number of carbonyl (C=O) groups excluding carboxylic acids is 1. The zero-order chi connectivity index (χ0) is 14.2. The van der Waals surface area contributed by atoms with Crippen LogP contribution in [0, 0.1) is 11.8 Å². The average Bonchev–Trinajstić information content (AvgIpc) is 2.96. The second kappa shape index (κ2) is 5.22. The quantitative estimate of drug-likeness (QED) is 0.841. The van der Waals surface area contributed by atoms with Crippen LogP contribution in [-0.2, 0) is 9.59 Å². The van der Waals surface area contributed by atoms with E-state index in [0.717, 1.165) is 17.1 Å². The summed E-state index contributed by atoms with van der Waals surface area (Å²) in [4.78, 5) is 24.0. The Morgan fingerprint density at radius 1 is 1.26 bits per heavy atom. The van der Waals surface area contributed by atoms with Gasteiger partial charge >= 0.3 is 12.1 Å². The molecule has 3 atom stereocenters. The van der Waals surface area contributed by atoms with Gasteiger partial charge in [0.05, 0.1) is 17.1 Å². The van der Waals surface area contributed by atoms with Gasteiger partial charge in [0.2, 0.25) is 5.91 Å². The molecule has 0 bridgehead atoms. The highest BCUT2D eigenvalue weighted by Gasteiger charge is 2.54. The molecule has 108 valence electrons. The highest BCUT2D eigenvalue weighted by atomic mass is 32.2. The molecule has 0 aromatic rings. The number of likely N-dealkylation sites (tertiary alicyclic amines) is 1. The SMILES string of the molecule is O=C(O)[C@@H]1CN(C(=O)C2CCCS2)C[C@H]1C(F)(F)F. The fourth-order valence-electron chi connectivity index (χ4n) is 2.54. The van der Waals surface area contributed by atoms with Gasteiger partial charge in [-0.25, -0.2) is 0 Å². The summed E-state index contributed by atoms with van der Waals surface area (Å²) in [5.74, 6) is -4.51. The Morgan fingerprint density at radius 2 is 1.95 bits per heavy atom. The van der Waals surface area contributed by atoms with Crippen LogP contribution in [0.5, 0.6) is 0 Å². The topological polar surface area (TPSA) is 57.6 Å². The number of alkyl halides is 3. The lowest BCUT2D eigenvalue weighted by Crippen LogP contribution is -2.36. The van der Waals surface area contributed by atoms with Crippen LogP contribution >= 0.6 is 11.8 Å². The molecule has 2 fully saturated rings. The lowest BCUT2D eigenvalue weighted by Gasteiger charge is -2.20. The van der Waals surface area contributed by atoms with Crippen LogP contribution in [-0.4, -0.2) is 52.2 Å². The number of hydrogen-bond donors (Lipinski definition) is 1. The molecule has 8 heteroatoms. The van der Waals surface area contributed by atoms with E-state index in [1.807, 2.05) is 0 Å². The monoisotopic (exact) mass is 297 g/mol. The van der Waals surface area contributed by atoms with Gasteiger partial charge in [0, 0.05) is 13.1 Å². The van der Waals surface area contributed by atoms with Crippen LogP contribution in [0.15, 0.2) is 0 Å². The maximum Gasteiger partial charge on any atom is 0.394 e. The van der Waals surface area contributed by atoms with E-state index < -0.39 is 30.5 Å². The molecule has 19 heavy (non-hydrogen) atoms. The molecule has 2 aliphatic heterocycles. The highest BCUT2D eigenvalue weighted by Crippen LogP contribution is 2.39. The summed E-state index contributed by atoms with van der Waals surface area (Å²) in [6, 6.07) is 0. The average molecular weight is 297 g/mol. The normalized spacial score (nSPS) is 31.7. The number of carboxylic acid groups (broad SMARTS) is 1. The van der Waals surface area contributed by atoms with Crippen molar-refractivity contribution in [1.82, 2.24) is 4.90 Å². The van der Waals surface area contributed by atoms with Gasteiger partial charge < -0.3 is 10.0 Å². The minimum absolute atomic E-state index is 0.304. The van der Waals surface area contributed by atoms with Crippen molar-refractivity contribution < 1.29 is 27.9 Å². The number of carbonyl (C=O) groups is 2. The summed E-state index contributed by atoms with van der Waals surface area (Å²) in [6.45, 7) is -0.869. The number of nitrogens with zero attached hydrogens (tertiary/aromatic N) is 1. The summed E-state index contributed by atoms with van der Waals surface area (Å²) in [5, 5.41) is 8.56. The van der Waals surface area contributed by atoms with Crippen molar-refractivity contribution in [2.45, 2.75) is 24.3 Å². The van der Waals surface area contributed by atoms with Gasteiger partial charge in [-0.2, -0.15) is 13.2 Å². The molecule has 1 N–H and O–H groups in total. The van der Waals surface area contributed by atoms with Crippen LogP contribution in [0.1, 0.15) is 12.8 Å². The summed E-state index contributed by atoms with van der Waals surface area (Å²) >= 11 is 1.44. The first-order valence-electron chi connectivity index (χ1n) is 6.00. The van der Waals surface area contributed by atoms with Gasteiger partial charge in [-0.1, -0.05) is 0 Å². The molecule has 0 aliphatic carbocycles. The molecule has 0 radical (unpaired) electrons. The van der Waals surface area contributed by atoms with Gasteiger partial charge in [-0.05, 0) is 18.6 Å². The molecule has 1 unspecified atom stereocenters. The molecule has 2 saturated heterocycles. The molecule has 0 aromatic heterocycles. The van der Waals surface area contributed by atoms with Crippen molar-refractivity contribution in [3.8, 4) is 0 Å². The van der Waals surface area contributed by atoms with Crippen molar-refractivity contribution in [2.24, 2.45) is 11.8 Å². The smallest absolute Gasteiger partial charge is 0.394 e. The summed E-state index contributed by atoms with van der Waals surface area (Å²) in [7, 11) is 0. The number of halogens is 3. The largest absolute Gasteiger partial charge is 0.481 e. The minimum atomic E-state index is -4.58. The van der Waals surface area contributed by atoms with E-state index in [9.17, 15) is 22.8 Å². The number of carboxylic acids is 1. The lowest BCUT2D eigenvalue weighted by molar-refractivity contribution is -0.188. The third kappa shape index (κ3) is 2.98. The molecule has 2 rings (SSSR count). The van der Waals surface area contributed by atoms with E-state index in [1.54, 1.807) is 0 Å². The van der Waals surface area contributed by atoms with Crippen molar-refractivity contribution in [3.05, 3.63) is 0 Å². The number of rotatable bonds is 2. The maximum atomic E-state index is 12.8. The van der Waals surface area contributed by atoms with Crippen molar-refractivity contribution in [1.29, 1.82) is 0 Å². The molecule has 0 saturated carbocycles. The molecule has 0 spiro atoms. The molecule has 4 nitrogen and oxygen atoms in total. The molecular formula is C11H14F3NO3S. The Labute approximate surface area is 112 Å². The van der Waals surface area contributed by atoms with Crippen molar-refractivity contribution >= 4 is 23.6 Å². The van der Waals surface area contributed by atoms with Crippen LogP contribution in [0.25, 0.3) is 0 Å². The molecule has 1 amide bonds. The van der Waals surface area contributed by atoms with E-state index in [1.165, 1.54) is 11.8 Å². The number of amides is 1. The number of aliphatic carboxylic acids is 1. The molecule has 2 heterocycles. The Bertz CT molecular complexity index is 382. The lowest BCUT2D eigenvalue weighted by atomic mass is 9.96. The zero-order valence-electron chi connectivity index (χ0n) is 10.0. The van der Waals surface area contributed by atoms with Crippen molar-refractivity contribution in [3.63, 3.8) is 0 Å². The first-order chi connectivity index (χ1) is 8.80. The molecule has 2 aliphatic rings. The molecule has 0 aromatic carbocycles. The van der Waals surface area contributed by atoms with Gasteiger partial charge in [-0.15, -0.1) is 11.8 Å². The second-order valence-corrected chi connectivity index (χ2v) is 6.15. The van der Waals surface area contributed by atoms with E-state index >= 15 is 0 Å². The maximum absolute atomic E-state index is 12.8. The second-order valence-electron chi connectivity index (χ2n) is 4.84. The standard InChI is InChI=1S/C11H14F3NO3S/c12-11(13,14)7-5-15(4-6(7)10(17)18)9(16)8-2-1-3-19-8/h6-8H,1-5H2,(H,17,18)/t6-,7-,8?/m1/s1. The fraction of sp³-hybridized carbons (Fsp3) is 0.818. The Balaban J connectivity index is 2.09. The van der Waals surface area contributed by atoms with Gasteiger partial charge in [-0.3, -0.25) is 9.59 Å². The van der Waals surface area contributed by atoms with Crippen LogP contribution in [0.3, 0.4) is 0 Å². The van der Waals surface area contributed by atoms with Crippen LogP contribution < -0.4 is 0 Å². The van der Waals surface area contributed by atoms with Gasteiger partial charge in [0.25, 0.3) is 0 Å². The van der Waals surface area contributed by atoms with E-state index in [4.69, 9.17) is 5.11 Å². The summed E-state index contributed by atoms with van der Waals surface area (Å²) in [6.07, 6.45) is -3.05. The van der Waals surface area contributed by atoms with Crippen LogP contribution in [0.2, 0.25) is 0 Å². The summed E-state index contributed by atoms with van der Waals surface area (Å²) < 4.78 is 38.3. The minimum Gasteiger partial charge on any atom is -0.481 e.